The maximum absolute atomic E-state index is 7.10. The van der Waals surface area contributed by atoms with Crippen molar-refractivity contribution >= 4 is 28.0 Å². The Bertz CT molecular complexity index is 2590. The Hall–Kier alpha value is -5.28. The van der Waals surface area contributed by atoms with Crippen LogP contribution in [0, 0.1) is 20.8 Å². The van der Waals surface area contributed by atoms with E-state index in [1.54, 1.807) is 0 Å². The summed E-state index contributed by atoms with van der Waals surface area (Å²) in [7, 11) is 0. The van der Waals surface area contributed by atoms with Gasteiger partial charge in [-0.2, -0.15) is 0 Å². The number of aromatic nitrogens is 2. The van der Waals surface area contributed by atoms with Gasteiger partial charge in [0.15, 0.2) is 12.4 Å². The van der Waals surface area contributed by atoms with Crippen LogP contribution < -0.4 is 9.13 Å². The second-order valence-corrected chi connectivity index (χ2v) is 15.1. The fourth-order valence-corrected chi connectivity index (χ4v) is 9.13. The number of fused-ring (bicyclic) bond motifs is 16. The number of pyridine rings is 2. The van der Waals surface area contributed by atoms with Crippen molar-refractivity contribution in [2.45, 2.75) is 59.0 Å². The first-order valence-electron chi connectivity index (χ1n) is 17.2. The third kappa shape index (κ3) is 3.34. The van der Waals surface area contributed by atoms with Crippen molar-refractivity contribution in [2.24, 2.45) is 0 Å². The van der Waals surface area contributed by atoms with Gasteiger partial charge in [-0.1, -0.05) is 75.4 Å². The molecule has 3 aliphatic rings. The molecule has 3 nitrogen and oxygen atoms in total. The molecule has 3 heteroatoms. The van der Waals surface area contributed by atoms with E-state index in [4.69, 9.17) is 4.42 Å². The van der Waals surface area contributed by atoms with E-state index in [-0.39, 0.29) is 5.41 Å². The summed E-state index contributed by atoms with van der Waals surface area (Å²) in [6.07, 6.45) is 10.3. The second-order valence-electron chi connectivity index (χ2n) is 15.1. The topological polar surface area (TPSA) is 20.9 Å². The third-order valence-corrected chi connectivity index (χ3v) is 11.2. The predicted octanol–water partition coefficient (Wildman–Crippen LogP) is 9.88. The number of furan rings is 1. The molecule has 0 saturated carbocycles. The molecule has 10 rings (SSSR count). The predicted molar refractivity (Wildman–Crippen MR) is 194 cm³/mol. The van der Waals surface area contributed by atoms with Crippen molar-refractivity contribution < 1.29 is 13.6 Å². The molecule has 2 aliphatic heterocycles. The maximum atomic E-state index is 7.10. The van der Waals surface area contributed by atoms with E-state index in [9.17, 15) is 0 Å². The molecule has 0 amide bonds. The lowest BCUT2D eigenvalue weighted by Crippen LogP contribution is -2.71. The molecule has 48 heavy (non-hydrogen) atoms. The summed E-state index contributed by atoms with van der Waals surface area (Å²) in [5, 5.41) is 2.36. The molecule has 0 fully saturated rings. The molecular weight excluding hydrogens is 585 g/mol. The van der Waals surface area contributed by atoms with Crippen LogP contribution in [-0.2, 0) is 17.5 Å². The van der Waals surface area contributed by atoms with Crippen molar-refractivity contribution in [2.75, 3.05) is 0 Å². The minimum absolute atomic E-state index is 0.0990. The molecule has 1 spiro atoms. The number of benzene rings is 4. The number of nitrogens with zero attached hydrogens (tertiary/aromatic N) is 2. The molecule has 7 aromatic rings. The van der Waals surface area contributed by atoms with E-state index in [2.05, 4.69) is 160 Å². The molecule has 232 valence electrons. The Morgan fingerprint density at radius 1 is 0.667 bits per heavy atom. The van der Waals surface area contributed by atoms with E-state index < -0.39 is 5.66 Å². The molecule has 0 saturated heterocycles. The molecule has 1 atom stereocenters. The van der Waals surface area contributed by atoms with Gasteiger partial charge in [0.25, 0.3) is 0 Å². The molecular formula is C45H38N2O+2. The highest BCUT2D eigenvalue weighted by Crippen LogP contribution is 2.52. The summed E-state index contributed by atoms with van der Waals surface area (Å²) in [5.41, 5.74) is 19.0. The van der Waals surface area contributed by atoms with Crippen LogP contribution in [0.3, 0.4) is 0 Å². The number of aryl methyl sites for hydroxylation is 3. The number of hydrogen-bond donors (Lipinski definition) is 0. The smallest absolute Gasteiger partial charge is 0.417 e. The Morgan fingerprint density at radius 3 is 2.23 bits per heavy atom. The van der Waals surface area contributed by atoms with Gasteiger partial charge >= 0.3 is 5.66 Å². The van der Waals surface area contributed by atoms with Gasteiger partial charge in [-0.05, 0) is 90.8 Å². The lowest BCUT2D eigenvalue weighted by atomic mass is 9.80. The standard InChI is InChI=1S/C45H38N2O/c1-26-17-22-38-33-14-7-8-16-35(33)45(46(38)24-26)36-21-20-32-31-19-18-29-13-10-15-30(29)42(31)48-43(32)41(36)39-23-37(44(4,5)6)34(25-47(39)45)40-27(2)11-9-12-28(40)3/h7-12,14-25H,13H2,1-6H3/q+2. The zero-order chi connectivity index (χ0) is 32.7. The molecule has 1 unspecified atom stereocenters. The summed E-state index contributed by atoms with van der Waals surface area (Å²) in [6, 6.07) is 31.9. The van der Waals surface area contributed by atoms with Crippen LogP contribution in [0.2, 0.25) is 0 Å². The Balaban J connectivity index is 1.43. The van der Waals surface area contributed by atoms with Gasteiger partial charge in [0.05, 0.1) is 11.1 Å². The summed E-state index contributed by atoms with van der Waals surface area (Å²) >= 11 is 0. The second kappa shape index (κ2) is 9.20. The van der Waals surface area contributed by atoms with Gasteiger partial charge in [0, 0.05) is 34.0 Å². The van der Waals surface area contributed by atoms with Gasteiger partial charge in [-0.3, -0.25) is 0 Å². The quantitative estimate of drug-likeness (QED) is 0.167. The number of hydrogen-bond acceptors (Lipinski definition) is 1. The lowest BCUT2D eigenvalue weighted by Gasteiger charge is -2.25. The van der Waals surface area contributed by atoms with Gasteiger partial charge in [-0.25, -0.2) is 0 Å². The summed E-state index contributed by atoms with van der Waals surface area (Å²) in [4.78, 5) is 0. The molecule has 0 N–H and O–H groups in total. The van der Waals surface area contributed by atoms with Gasteiger partial charge < -0.3 is 4.42 Å². The fraction of sp³-hybridized carbons (Fsp3) is 0.200. The first kappa shape index (κ1) is 27.8. The third-order valence-electron chi connectivity index (χ3n) is 11.2. The van der Waals surface area contributed by atoms with E-state index in [1.165, 1.54) is 88.9 Å². The van der Waals surface area contributed by atoms with Crippen LogP contribution in [0.15, 0.2) is 108 Å². The van der Waals surface area contributed by atoms with Gasteiger partial charge in [0.2, 0.25) is 11.4 Å². The van der Waals surface area contributed by atoms with Crippen LogP contribution in [0.4, 0.5) is 0 Å². The van der Waals surface area contributed by atoms with Crippen LogP contribution >= 0.6 is 0 Å². The summed E-state index contributed by atoms with van der Waals surface area (Å²) < 4.78 is 12.2. The van der Waals surface area contributed by atoms with E-state index >= 15 is 0 Å². The molecule has 5 heterocycles. The Labute approximate surface area is 281 Å². The van der Waals surface area contributed by atoms with Gasteiger partial charge in [0.1, 0.15) is 27.9 Å². The maximum Gasteiger partial charge on any atom is 0.417 e. The lowest BCUT2D eigenvalue weighted by molar-refractivity contribution is -0.955. The van der Waals surface area contributed by atoms with Crippen molar-refractivity contribution in [3.05, 3.63) is 148 Å². The van der Waals surface area contributed by atoms with Crippen LogP contribution in [0.25, 0.3) is 61.7 Å². The summed E-state index contributed by atoms with van der Waals surface area (Å²) in [5.74, 6) is 0. The highest BCUT2D eigenvalue weighted by Gasteiger charge is 2.67. The molecule has 1 aliphatic carbocycles. The molecule has 0 radical (unpaired) electrons. The molecule has 0 bridgehead atoms. The van der Waals surface area contributed by atoms with Crippen molar-refractivity contribution in [3.8, 4) is 33.6 Å². The molecule has 4 aromatic carbocycles. The van der Waals surface area contributed by atoms with Gasteiger partial charge in [-0.15, -0.1) is 9.13 Å². The summed E-state index contributed by atoms with van der Waals surface area (Å²) in [6.45, 7) is 13.7. The van der Waals surface area contributed by atoms with Crippen LogP contribution in [0.1, 0.15) is 65.3 Å². The minimum Gasteiger partial charge on any atom is -0.454 e. The van der Waals surface area contributed by atoms with Crippen molar-refractivity contribution in [3.63, 3.8) is 0 Å². The van der Waals surface area contributed by atoms with Crippen LogP contribution in [-0.4, -0.2) is 0 Å². The van der Waals surface area contributed by atoms with Crippen LogP contribution in [0.5, 0.6) is 0 Å². The minimum atomic E-state index is -0.626. The zero-order valence-corrected chi connectivity index (χ0v) is 28.4. The first-order valence-corrected chi connectivity index (χ1v) is 17.2. The average Bonchev–Trinajstić information content (AvgIpc) is 3.81. The SMILES string of the molecule is Cc1ccc2[n+](c1)C1(c3ccccc3-2)c2ccc3c(oc4c5c(ccc43)CC=C5)c2-c2cc(C(C)(C)C)c(-c3c(C)cccc3C)c[n+]21. The average molecular weight is 623 g/mol. The molecule has 3 aromatic heterocycles. The normalized spacial score (nSPS) is 16.9. The Morgan fingerprint density at radius 2 is 1.42 bits per heavy atom. The Kier molecular flexibility index (Phi) is 5.33. The number of allylic oxidation sites excluding steroid dienone is 1. The zero-order valence-electron chi connectivity index (χ0n) is 28.4. The largest absolute Gasteiger partial charge is 0.454 e. The highest BCUT2D eigenvalue weighted by atomic mass is 16.3. The first-order chi connectivity index (χ1) is 23.2. The van der Waals surface area contributed by atoms with Crippen molar-refractivity contribution in [1.82, 2.24) is 0 Å². The van der Waals surface area contributed by atoms with E-state index in [0.717, 1.165) is 17.6 Å². The fourth-order valence-electron chi connectivity index (χ4n) is 9.13. The van der Waals surface area contributed by atoms with E-state index in [0.29, 0.717) is 0 Å². The highest BCUT2D eigenvalue weighted by molar-refractivity contribution is 6.12. The number of rotatable bonds is 1. The monoisotopic (exact) mass is 622 g/mol. The van der Waals surface area contributed by atoms with E-state index in [1.807, 2.05) is 0 Å². The van der Waals surface area contributed by atoms with Crippen molar-refractivity contribution in [1.29, 1.82) is 0 Å².